The van der Waals surface area contributed by atoms with E-state index < -0.39 is 0 Å². The molecule has 0 spiro atoms. The van der Waals surface area contributed by atoms with E-state index in [0.717, 1.165) is 0 Å². The normalized spacial score (nSPS) is 17.0. The standard InChI is InChI=1S/C32H36N6O6/c1-21-25(37-33)3-5-27(29(21)31(39)23-7-11-35-12-8-23)43-19-17-41-15-16-42-18-20-44-28-6-4-26(38-34)22(2)30(28)32(40)24-9-13-36-14-10-24/h5-14H,3-4,15-20,33-34H2,1-2H3. The number of carbonyl (C=O) groups is 2. The summed E-state index contributed by atoms with van der Waals surface area (Å²) in [6.45, 7) is 5.38. The first-order valence-electron chi connectivity index (χ1n) is 14.1. The number of hydrogen-bond acceptors (Lipinski definition) is 12. The molecule has 0 atom stereocenters. The molecule has 12 heteroatoms. The number of pyridine rings is 2. The number of ether oxygens (including phenoxy) is 4. The molecule has 4 rings (SSSR count). The number of ketones is 2. The van der Waals surface area contributed by atoms with Gasteiger partial charge in [0.25, 0.3) is 0 Å². The summed E-state index contributed by atoms with van der Waals surface area (Å²) in [5.74, 6) is 11.6. The van der Waals surface area contributed by atoms with Crippen LogP contribution >= 0.6 is 0 Å². The maximum Gasteiger partial charge on any atom is 0.197 e. The van der Waals surface area contributed by atoms with Crippen molar-refractivity contribution in [1.29, 1.82) is 0 Å². The van der Waals surface area contributed by atoms with Crippen molar-refractivity contribution in [3.05, 3.63) is 106 Å². The Morgan fingerprint density at radius 3 is 1.39 bits per heavy atom. The van der Waals surface area contributed by atoms with Gasteiger partial charge in [0, 0.05) is 48.8 Å². The van der Waals surface area contributed by atoms with E-state index in [1.54, 1.807) is 61.2 Å². The highest BCUT2D eigenvalue weighted by Gasteiger charge is 2.27. The van der Waals surface area contributed by atoms with Crippen LogP contribution in [0.1, 0.15) is 47.4 Å². The van der Waals surface area contributed by atoms with Crippen molar-refractivity contribution < 1.29 is 28.5 Å². The van der Waals surface area contributed by atoms with Crippen molar-refractivity contribution in [2.45, 2.75) is 26.7 Å². The summed E-state index contributed by atoms with van der Waals surface area (Å²) < 4.78 is 23.1. The van der Waals surface area contributed by atoms with Gasteiger partial charge in [-0.15, -0.1) is 0 Å². The van der Waals surface area contributed by atoms with Gasteiger partial charge in [-0.25, -0.2) is 0 Å². The number of allylic oxidation sites excluding steroid dienone is 6. The van der Waals surface area contributed by atoms with Crippen molar-refractivity contribution in [2.24, 2.45) is 21.9 Å². The van der Waals surface area contributed by atoms with Gasteiger partial charge < -0.3 is 30.6 Å². The van der Waals surface area contributed by atoms with Gasteiger partial charge >= 0.3 is 0 Å². The second kappa shape index (κ2) is 16.1. The number of Topliss-reactive ketones (excluding diaryl/α,β-unsaturated/α-hetero) is 2. The minimum Gasteiger partial charge on any atom is -0.491 e. The van der Waals surface area contributed by atoms with Crippen LogP contribution in [0.3, 0.4) is 0 Å². The maximum atomic E-state index is 13.2. The van der Waals surface area contributed by atoms with Gasteiger partial charge in [-0.1, -0.05) is 0 Å². The summed E-state index contributed by atoms with van der Waals surface area (Å²) >= 11 is 0. The van der Waals surface area contributed by atoms with E-state index in [0.29, 0.717) is 95.6 Å². The van der Waals surface area contributed by atoms with Crippen LogP contribution in [-0.2, 0) is 18.9 Å². The summed E-state index contributed by atoms with van der Waals surface area (Å²) in [5, 5.41) is 7.63. The molecule has 0 amide bonds. The molecule has 2 aliphatic rings. The third kappa shape index (κ3) is 7.91. The summed E-state index contributed by atoms with van der Waals surface area (Å²) in [4.78, 5) is 34.4. The lowest BCUT2D eigenvalue weighted by Gasteiger charge is -2.21. The van der Waals surface area contributed by atoms with E-state index in [2.05, 4.69) is 20.2 Å². The molecule has 0 radical (unpaired) electrons. The van der Waals surface area contributed by atoms with Gasteiger partial charge in [0.1, 0.15) is 24.7 Å². The summed E-state index contributed by atoms with van der Waals surface area (Å²) in [7, 11) is 0. The first-order chi connectivity index (χ1) is 21.5. The minimum atomic E-state index is -0.190. The zero-order valence-corrected chi connectivity index (χ0v) is 24.8. The quantitative estimate of drug-likeness (QED) is 0.133. The molecule has 0 aliphatic heterocycles. The largest absolute Gasteiger partial charge is 0.491 e. The van der Waals surface area contributed by atoms with Crippen LogP contribution < -0.4 is 11.7 Å². The van der Waals surface area contributed by atoms with E-state index in [-0.39, 0.29) is 24.8 Å². The van der Waals surface area contributed by atoms with Gasteiger partial charge in [-0.3, -0.25) is 19.6 Å². The molecule has 2 aromatic heterocycles. The summed E-state index contributed by atoms with van der Waals surface area (Å²) in [6.07, 6.45) is 10.8. The van der Waals surface area contributed by atoms with E-state index in [4.69, 9.17) is 30.6 Å². The highest BCUT2D eigenvalue weighted by atomic mass is 16.6. The molecular weight excluding hydrogens is 564 g/mol. The number of nitrogens with zero attached hydrogens (tertiary/aromatic N) is 4. The highest BCUT2D eigenvalue weighted by Crippen LogP contribution is 2.29. The first-order valence-corrected chi connectivity index (χ1v) is 14.1. The fourth-order valence-corrected chi connectivity index (χ4v) is 4.71. The van der Waals surface area contributed by atoms with E-state index in [1.165, 1.54) is 0 Å². The van der Waals surface area contributed by atoms with Crippen LogP contribution in [0.5, 0.6) is 0 Å². The average Bonchev–Trinajstić information content (AvgIpc) is 3.06. The number of hydrogen-bond donors (Lipinski definition) is 2. The Balaban J connectivity index is 1.18. The molecule has 230 valence electrons. The Hall–Kier alpha value is -4.94. The molecule has 0 fully saturated rings. The number of aromatic nitrogens is 2. The number of carbonyl (C=O) groups excluding carboxylic acids is 2. The molecule has 2 aliphatic carbocycles. The molecule has 2 heterocycles. The van der Waals surface area contributed by atoms with Crippen LogP contribution in [0.4, 0.5) is 0 Å². The Morgan fingerprint density at radius 1 is 0.659 bits per heavy atom. The van der Waals surface area contributed by atoms with E-state index in [1.807, 2.05) is 13.8 Å². The topological polar surface area (TPSA) is 174 Å². The number of nitrogens with two attached hydrogens (primary N) is 2. The van der Waals surface area contributed by atoms with Gasteiger partial charge in [0.05, 0.1) is 49.0 Å². The molecule has 0 saturated carbocycles. The Kier molecular flexibility index (Phi) is 11.7. The number of rotatable bonds is 15. The Labute approximate surface area is 255 Å². The molecule has 0 aromatic carbocycles. The fraction of sp³-hybridized carbons (Fsp3) is 0.312. The highest BCUT2D eigenvalue weighted by molar-refractivity contribution is 6.19. The average molecular weight is 601 g/mol. The predicted molar refractivity (Wildman–Crippen MR) is 165 cm³/mol. The van der Waals surface area contributed by atoms with E-state index >= 15 is 0 Å². The zero-order chi connectivity index (χ0) is 31.3. The lowest BCUT2D eigenvalue weighted by molar-refractivity contribution is 0.0145. The van der Waals surface area contributed by atoms with Crippen molar-refractivity contribution in [1.82, 2.24) is 9.97 Å². The van der Waals surface area contributed by atoms with Crippen LogP contribution in [0.15, 0.2) is 105 Å². The summed E-state index contributed by atoms with van der Waals surface area (Å²) in [6, 6.07) is 6.61. The Morgan fingerprint density at radius 2 is 1.02 bits per heavy atom. The number of hydrazone groups is 2. The third-order valence-corrected chi connectivity index (χ3v) is 7.06. The monoisotopic (exact) mass is 600 g/mol. The molecule has 4 N–H and O–H groups in total. The second-order valence-electron chi connectivity index (χ2n) is 9.75. The predicted octanol–water partition coefficient (Wildman–Crippen LogP) is 3.45. The first kappa shape index (κ1) is 32.0. The molecule has 44 heavy (non-hydrogen) atoms. The van der Waals surface area contributed by atoms with Crippen LogP contribution in [0.25, 0.3) is 0 Å². The minimum absolute atomic E-state index is 0.190. The smallest absolute Gasteiger partial charge is 0.197 e. The Bertz CT molecular complexity index is 1410. The lowest BCUT2D eigenvalue weighted by atomic mass is 9.90. The van der Waals surface area contributed by atoms with Crippen LogP contribution in [-0.4, -0.2) is 72.6 Å². The van der Waals surface area contributed by atoms with Crippen LogP contribution in [0.2, 0.25) is 0 Å². The second-order valence-corrected chi connectivity index (χ2v) is 9.75. The molecular formula is C32H36N6O6. The molecule has 12 nitrogen and oxygen atoms in total. The van der Waals surface area contributed by atoms with E-state index in [9.17, 15) is 9.59 Å². The van der Waals surface area contributed by atoms with Crippen molar-refractivity contribution in [3.63, 3.8) is 0 Å². The third-order valence-electron chi connectivity index (χ3n) is 7.06. The molecule has 0 unspecified atom stereocenters. The fourth-order valence-electron chi connectivity index (χ4n) is 4.71. The lowest BCUT2D eigenvalue weighted by Crippen LogP contribution is -2.20. The molecule has 0 saturated heterocycles. The summed E-state index contributed by atoms with van der Waals surface area (Å²) in [5.41, 5.74) is 4.45. The maximum absolute atomic E-state index is 13.2. The van der Waals surface area contributed by atoms with Gasteiger partial charge in [-0.05, 0) is 61.4 Å². The zero-order valence-electron chi connectivity index (χ0n) is 24.8. The van der Waals surface area contributed by atoms with Crippen molar-refractivity contribution in [2.75, 3.05) is 39.6 Å². The molecule has 2 aromatic rings. The van der Waals surface area contributed by atoms with Gasteiger partial charge in [-0.2, -0.15) is 10.2 Å². The van der Waals surface area contributed by atoms with Crippen molar-refractivity contribution in [3.8, 4) is 0 Å². The SMILES string of the molecule is CC1=C(C(=O)c2ccncc2)C(OCCOCCOCCOC2=CCC(=NN)C(C)=C2C(=O)c2ccncc2)=CCC1=NN. The van der Waals surface area contributed by atoms with Gasteiger partial charge in [0.2, 0.25) is 0 Å². The molecule has 0 bridgehead atoms. The van der Waals surface area contributed by atoms with Crippen LogP contribution in [0, 0.1) is 0 Å². The van der Waals surface area contributed by atoms with Gasteiger partial charge in [0.15, 0.2) is 11.6 Å². The van der Waals surface area contributed by atoms with Crippen molar-refractivity contribution >= 4 is 23.0 Å².